The van der Waals surface area contributed by atoms with Crippen LogP contribution in [0.2, 0.25) is 0 Å². The van der Waals surface area contributed by atoms with E-state index in [0.717, 1.165) is 36.3 Å². The maximum absolute atomic E-state index is 12.5. The Morgan fingerprint density at radius 2 is 2.00 bits per heavy atom. The number of anilines is 1. The molecule has 1 heterocycles. The van der Waals surface area contributed by atoms with Crippen molar-refractivity contribution in [3.8, 4) is 5.75 Å². The van der Waals surface area contributed by atoms with E-state index in [2.05, 4.69) is 20.6 Å². The lowest BCUT2D eigenvalue weighted by molar-refractivity contribution is 0.0949. The molecule has 1 saturated carbocycles. The summed E-state index contributed by atoms with van der Waals surface area (Å²) in [4.78, 5) is 21.4. The molecule has 2 N–H and O–H groups in total. The summed E-state index contributed by atoms with van der Waals surface area (Å²) in [7, 11) is 1.65. The lowest BCUT2D eigenvalue weighted by Crippen LogP contribution is -2.28. The van der Waals surface area contributed by atoms with Crippen molar-refractivity contribution in [2.24, 2.45) is 0 Å². The van der Waals surface area contributed by atoms with Gasteiger partial charge in [0, 0.05) is 18.3 Å². The fraction of sp³-hybridized carbons (Fsp3) is 0.476. The number of aromatic nitrogens is 2. The number of hydrogen-bond donors (Lipinski definition) is 2. The monoisotopic (exact) mass is 368 g/mol. The Labute approximate surface area is 160 Å². The van der Waals surface area contributed by atoms with E-state index in [-0.39, 0.29) is 5.91 Å². The molecule has 1 aliphatic rings. The number of aryl methyl sites for hydroxylation is 1. The van der Waals surface area contributed by atoms with E-state index >= 15 is 0 Å². The molecule has 0 aliphatic heterocycles. The third-order valence-electron chi connectivity index (χ3n) is 4.86. The van der Waals surface area contributed by atoms with Crippen LogP contribution >= 0.6 is 0 Å². The highest BCUT2D eigenvalue weighted by molar-refractivity contribution is 5.92. The summed E-state index contributed by atoms with van der Waals surface area (Å²) in [6, 6.07) is 10.00. The number of rotatable bonds is 7. The van der Waals surface area contributed by atoms with E-state index in [1.54, 1.807) is 13.2 Å². The molecule has 0 saturated heterocycles. The van der Waals surface area contributed by atoms with Crippen LogP contribution in [0.15, 0.2) is 30.3 Å². The summed E-state index contributed by atoms with van der Waals surface area (Å²) in [5.41, 5.74) is 2.32. The van der Waals surface area contributed by atoms with Crippen LogP contribution in [0.25, 0.3) is 0 Å². The average molecular weight is 368 g/mol. The maximum Gasteiger partial charge on any atom is 0.270 e. The Morgan fingerprint density at radius 1 is 1.19 bits per heavy atom. The van der Waals surface area contributed by atoms with Crippen LogP contribution in [-0.2, 0) is 6.42 Å². The topological polar surface area (TPSA) is 76.1 Å². The molecule has 1 fully saturated rings. The number of carbonyl (C=O) groups is 1. The molecule has 0 spiro atoms. The van der Waals surface area contributed by atoms with Gasteiger partial charge in [-0.25, -0.2) is 9.97 Å². The molecule has 144 valence electrons. The Kier molecular flexibility index (Phi) is 6.63. The largest absolute Gasteiger partial charge is 0.497 e. The molecule has 1 aliphatic carbocycles. The first-order chi connectivity index (χ1) is 13.1. The van der Waals surface area contributed by atoms with Crippen molar-refractivity contribution in [1.29, 1.82) is 0 Å². The summed E-state index contributed by atoms with van der Waals surface area (Å²) < 4.78 is 5.23. The number of carbonyl (C=O) groups excluding carboxylic acids is 1. The van der Waals surface area contributed by atoms with Gasteiger partial charge in [0.1, 0.15) is 11.4 Å². The van der Waals surface area contributed by atoms with E-state index in [9.17, 15) is 4.79 Å². The van der Waals surface area contributed by atoms with Gasteiger partial charge in [-0.1, -0.05) is 31.4 Å². The molecule has 27 heavy (non-hydrogen) atoms. The van der Waals surface area contributed by atoms with E-state index in [1.165, 1.54) is 19.3 Å². The van der Waals surface area contributed by atoms with Crippen molar-refractivity contribution in [1.82, 2.24) is 15.3 Å². The van der Waals surface area contributed by atoms with Gasteiger partial charge in [-0.15, -0.1) is 0 Å². The molecule has 1 amide bonds. The Bertz CT molecular complexity index is 773. The number of nitrogens with zero attached hydrogens (tertiary/aromatic N) is 2. The minimum Gasteiger partial charge on any atom is -0.497 e. The smallest absolute Gasteiger partial charge is 0.270 e. The molecule has 6 heteroatoms. The van der Waals surface area contributed by atoms with E-state index in [4.69, 9.17) is 4.74 Å². The summed E-state index contributed by atoms with van der Waals surface area (Å²) in [6.45, 7) is 2.43. The van der Waals surface area contributed by atoms with Gasteiger partial charge >= 0.3 is 0 Å². The molecule has 0 radical (unpaired) electrons. The normalized spacial score (nSPS) is 14.6. The molecular weight excluding hydrogens is 340 g/mol. The molecule has 2 aromatic rings. The third kappa shape index (κ3) is 5.67. The van der Waals surface area contributed by atoms with Gasteiger partial charge in [-0.3, -0.25) is 4.79 Å². The van der Waals surface area contributed by atoms with Crippen molar-refractivity contribution in [2.75, 3.05) is 19.0 Å². The fourth-order valence-electron chi connectivity index (χ4n) is 3.42. The first-order valence-electron chi connectivity index (χ1n) is 9.67. The van der Waals surface area contributed by atoms with Crippen molar-refractivity contribution >= 4 is 11.9 Å². The predicted octanol–water partition coefficient (Wildman–Crippen LogP) is 3.51. The van der Waals surface area contributed by atoms with Gasteiger partial charge in [0.15, 0.2) is 0 Å². The highest BCUT2D eigenvalue weighted by atomic mass is 16.5. The molecule has 6 nitrogen and oxygen atoms in total. The van der Waals surface area contributed by atoms with Crippen molar-refractivity contribution in [3.05, 3.63) is 47.3 Å². The zero-order valence-corrected chi connectivity index (χ0v) is 16.1. The summed E-state index contributed by atoms with van der Waals surface area (Å²) >= 11 is 0. The molecule has 0 bridgehead atoms. The van der Waals surface area contributed by atoms with Crippen LogP contribution in [0.1, 0.15) is 53.8 Å². The number of hydrogen-bond acceptors (Lipinski definition) is 5. The molecule has 3 rings (SSSR count). The van der Waals surface area contributed by atoms with Gasteiger partial charge in [-0.2, -0.15) is 0 Å². The summed E-state index contributed by atoms with van der Waals surface area (Å²) in [5.74, 6) is 1.21. The number of amides is 1. The SMILES string of the molecule is COc1cccc(CCNC(=O)c2cc(C)nc(NC3CCCCC3)n2)c1. The van der Waals surface area contributed by atoms with Crippen molar-refractivity contribution in [2.45, 2.75) is 51.5 Å². The van der Waals surface area contributed by atoms with E-state index < -0.39 is 0 Å². The standard InChI is InChI=1S/C21H28N4O2/c1-15-13-19(25-21(23-15)24-17-8-4-3-5-9-17)20(26)22-12-11-16-7-6-10-18(14-16)27-2/h6-7,10,13-14,17H,3-5,8-9,11-12H2,1-2H3,(H,22,26)(H,23,24,25). The van der Waals surface area contributed by atoms with Crippen LogP contribution in [0.3, 0.4) is 0 Å². The highest BCUT2D eigenvalue weighted by Crippen LogP contribution is 2.20. The molecule has 0 atom stereocenters. The van der Waals surface area contributed by atoms with Crippen molar-refractivity contribution in [3.63, 3.8) is 0 Å². The maximum atomic E-state index is 12.5. The first-order valence-corrected chi connectivity index (χ1v) is 9.67. The van der Waals surface area contributed by atoms with Crippen LogP contribution < -0.4 is 15.4 Å². The lowest BCUT2D eigenvalue weighted by Gasteiger charge is -2.23. The lowest BCUT2D eigenvalue weighted by atomic mass is 9.96. The van der Waals surface area contributed by atoms with Crippen LogP contribution in [0, 0.1) is 6.92 Å². The zero-order valence-electron chi connectivity index (χ0n) is 16.1. The Hall–Kier alpha value is -2.63. The van der Waals surface area contributed by atoms with Gasteiger partial charge in [0.2, 0.25) is 5.95 Å². The second-order valence-electron chi connectivity index (χ2n) is 7.05. The van der Waals surface area contributed by atoms with E-state index in [0.29, 0.717) is 24.2 Å². The third-order valence-corrected chi connectivity index (χ3v) is 4.86. The zero-order chi connectivity index (χ0) is 19.1. The molecular formula is C21H28N4O2. The van der Waals surface area contributed by atoms with Crippen molar-refractivity contribution < 1.29 is 9.53 Å². The highest BCUT2D eigenvalue weighted by Gasteiger charge is 2.16. The summed E-state index contributed by atoms with van der Waals surface area (Å²) in [5, 5.41) is 6.34. The van der Waals surface area contributed by atoms with Gasteiger partial charge in [0.25, 0.3) is 5.91 Å². The van der Waals surface area contributed by atoms with Gasteiger partial charge in [0.05, 0.1) is 7.11 Å². The van der Waals surface area contributed by atoms with Crippen LogP contribution in [0.4, 0.5) is 5.95 Å². The quantitative estimate of drug-likeness (QED) is 0.782. The van der Waals surface area contributed by atoms with Gasteiger partial charge < -0.3 is 15.4 Å². The number of methoxy groups -OCH3 is 1. The Morgan fingerprint density at radius 3 is 2.78 bits per heavy atom. The van der Waals surface area contributed by atoms with Gasteiger partial charge in [-0.05, 0) is 49.9 Å². The molecule has 1 aromatic heterocycles. The van der Waals surface area contributed by atoms with Crippen LogP contribution in [0.5, 0.6) is 5.75 Å². The molecule has 1 aromatic carbocycles. The summed E-state index contributed by atoms with van der Waals surface area (Å²) in [6.07, 6.45) is 6.79. The minimum atomic E-state index is -0.171. The molecule has 0 unspecified atom stereocenters. The number of ether oxygens (including phenoxy) is 1. The predicted molar refractivity (Wildman–Crippen MR) is 106 cm³/mol. The fourth-order valence-corrected chi connectivity index (χ4v) is 3.42. The van der Waals surface area contributed by atoms with Crippen LogP contribution in [-0.4, -0.2) is 35.6 Å². The second-order valence-corrected chi connectivity index (χ2v) is 7.05. The minimum absolute atomic E-state index is 0.171. The first kappa shape index (κ1) is 19.1. The van der Waals surface area contributed by atoms with E-state index in [1.807, 2.05) is 31.2 Å². The average Bonchev–Trinajstić information content (AvgIpc) is 2.68. The number of nitrogens with one attached hydrogen (secondary N) is 2. The second kappa shape index (κ2) is 9.35. The Balaban J connectivity index is 1.57. The number of benzene rings is 1.